The van der Waals surface area contributed by atoms with Gasteiger partial charge in [0.25, 0.3) is 11.8 Å². The molecule has 0 aromatic heterocycles. The predicted octanol–water partition coefficient (Wildman–Crippen LogP) is 2.97. The molecule has 0 saturated carbocycles. The van der Waals surface area contributed by atoms with Crippen LogP contribution in [0.5, 0.6) is 0 Å². The fourth-order valence-corrected chi connectivity index (χ4v) is 1.92. The van der Waals surface area contributed by atoms with E-state index in [4.69, 9.17) is 4.74 Å². The van der Waals surface area contributed by atoms with E-state index in [0.717, 1.165) is 0 Å². The maximum Gasteiger partial charge on any atom is 0.253 e. The fraction of sp³-hybridized carbons (Fsp3) is 0.529. The molecule has 0 radical (unpaired) electrons. The maximum absolute atomic E-state index is 12.0. The molecule has 2 amide bonds. The Morgan fingerprint density at radius 3 is 2.18 bits per heavy atom. The van der Waals surface area contributed by atoms with Gasteiger partial charge >= 0.3 is 0 Å². The zero-order valence-corrected chi connectivity index (χ0v) is 14.0. The minimum absolute atomic E-state index is 0.133. The van der Waals surface area contributed by atoms with E-state index in [9.17, 15) is 9.59 Å². The lowest BCUT2D eigenvalue weighted by Gasteiger charge is -2.20. The van der Waals surface area contributed by atoms with Crippen LogP contribution in [0.3, 0.4) is 0 Å². The summed E-state index contributed by atoms with van der Waals surface area (Å²) >= 11 is 0. The number of ether oxygens (including phenoxy) is 1. The van der Waals surface area contributed by atoms with E-state index >= 15 is 0 Å². The third-order valence-corrected chi connectivity index (χ3v) is 2.93. The van der Waals surface area contributed by atoms with Gasteiger partial charge in [0.15, 0.2) is 0 Å². The molecule has 0 heterocycles. The molecule has 1 aromatic rings. The second-order valence-corrected chi connectivity index (χ2v) is 6.12. The third kappa shape index (κ3) is 5.85. The molecule has 2 N–H and O–H groups in total. The van der Waals surface area contributed by atoms with Gasteiger partial charge < -0.3 is 15.4 Å². The number of amides is 2. The summed E-state index contributed by atoms with van der Waals surface area (Å²) in [7, 11) is 0. The van der Waals surface area contributed by atoms with E-state index in [1.807, 2.05) is 34.6 Å². The highest BCUT2D eigenvalue weighted by Crippen LogP contribution is 2.12. The van der Waals surface area contributed by atoms with Gasteiger partial charge in [-0.05, 0) is 58.4 Å². The van der Waals surface area contributed by atoms with E-state index in [0.29, 0.717) is 24.3 Å². The van der Waals surface area contributed by atoms with Gasteiger partial charge in [0.2, 0.25) is 0 Å². The van der Waals surface area contributed by atoms with Crippen LogP contribution in [-0.4, -0.2) is 30.1 Å². The summed E-state index contributed by atoms with van der Waals surface area (Å²) in [5.41, 5.74) is 0.927. The topological polar surface area (TPSA) is 67.4 Å². The molecule has 1 rings (SSSR count). The largest absolute Gasteiger partial charge is 0.369 e. The molecule has 0 saturated heterocycles. The van der Waals surface area contributed by atoms with Crippen molar-refractivity contribution in [2.75, 3.05) is 11.9 Å². The van der Waals surface area contributed by atoms with Crippen LogP contribution in [0.25, 0.3) is 0 Å². The van der Waals surface area contributed by atoms with E-state index in [1.54, 1.807) is 24.3 Å². The van der Waals surface area contributed by atoms with E-state index < -0.39 is 6.10 Å². The lowest BCUT2D eigenvalue weighted by Crippen LogP contribution is -2.40. The first kappa shape index (κ1) is 18.2. The minimum Gasteiger partial charge on any atom is -0.369 e. The summed E-state index contributed by atoms with van der Waals surface area (Å²) in [4.78, 5) is 24.0. The van der Waals surface area contributed by atoms with Gasteiger partial charge in [-0.15, -0.1) is 0 Å². The molecule has 1 aromatic carbocycles. The highest BCUT2D eigenvalue weighted by Gasteiger charge is 2.17. The molecule has 1 atom stereocenters. The van der Waals surface area contributed by atoms with Crippen LogP contribution in [0.4, 0.5) is 5.69 Å². The van der Waals surface area contributed by atoms with Crippen LogP contribution in [0.2, 0.25) is 0 Å². The Bertz CT molecular complexity index is 504. The van der Waals surface area contributed by atoms with Gasteiger partial charge in [-0.2, -0.15) is 0 Å². The third-order valence-electron chi connectivity index (χ3n) is 2.93. The summed E-state index contributed by atoms with van der Waals surface area (Å²) in [5, 5.41) is 5.69. The van der Waals surface area contributed by atoms with Gasteiger partial charge in [-0.25, -0.2) is 0 Å². The smallest absolute Gasteiger partial charge is 0.253 e. The van der Waals surface area contributed by atoms with E-state index in [-0.39, 0.29) is 17.4 Å². The second kappa shape index (κ2) is 7.94. The Morgan fingerprint density at radius 1 is 1.14 bits per heavy atom. The van der Waals surface area contributed by atoms with Gasteiger partial charge in [-0.1, -0.05) is 6.92 Å². The average molecular weight is 306 g/mol. The van der Waals surface area contributed by atoms with Crippen molar-refractivity contribution in [1.29, 1.82) is 0 Å². The van der Waals surface area contributed by atoms with Crippen molar-refractivity contribution in [3.8, 4) is 0 Å². The normalized spacial score (nSPS) is 12.6. The van der Waals surface area contributed by atoms with Crippen molar-refractivity contribution < 1.29 is 14.3 Å². The van der Waals surface area contributed by atoms with Crippen LogP contribution < -0.4 is 10.6 Å². The predicted molar refractivity (Wildman–Crippen MR) is 88.0 cm³/mol. The summed E-state index contributed by atoms with van der Waals surface area (Å²) in [6.45, 7) is 10.0. The second-order valence-electron chi connectivity index (χ2n) is 6.12. The van der Waals surface area contributed by atoms with Gasteiger partial charge in [0, 0.05) is 23.4 Å². The molecule has 122 valence electrons. The van der Waals surface area contributed by atoms with Gasteiger partial charge in [0.1, 0.15) is 6.10 Å². The minimum atomic E-state index is -0.450. The molecular weight excluding hydrogens is 280 g/mol. The summed E-state index contributed by atoms with van der Waals surface area (Å²) in [6.07, 6.45) is 0.167. The first-order chi connectivity index (χ1) is 10.3. The Balaban J connectivity index is 2.69. The number of hydrogen-bond acceptors (Lipinski definition) is 3. The Kier molecular flexibility index (Phi) is 6.56. The van der Waals surface area contributed by atoms with Crippen molar-refractivity contribution in [3.63, 3.8) is 0 Å². The molecule has 0 aliphatic heterocycles. The molecule has 0 aliphatic carbocycles. The van der Waals surface area contributed by atoms with Crippen molar-refractivity contribution in [3.05, 3.63) is 29.8 Å². The van der Waals surface area contributed by atoms with Crippen molar-refractivity contribution in [2.45, 2.75) is 52.7 Å². The monoisotopic (exact) mass is 306 g/mol. The van der Waals surface area contributed by atoms with Crippen LogP contribution in [0.1, 0.15) is 51.4 Å². The quantitative estimate of drug-likeness (QED) is 0.849. The first-order valence-electron chi connectivity index (χ1n) is 7.62. The summed E-state index contributed by atoms with van der Waals surface area (Å²) < 4.78 is 5.37. The Morgan fingerprint density at radius 2 is 1.73 bits per heavy atom. The fourth-order valence-electron chi connectivity index (χ4n) is 1.92. The van der Waals surface area contributed by atoms with Gasteiger partial charge in [0.05, 0.1) is 0 Å². The lowest BCUT2D eigenvalue weighted by atomic mass is 10.1. The Labute approximate surface area is 132 Å². The van der Waals surface area contributed by atoms with Crippen LogP contribution >= 0.6 is 0 Å². The molecular formula is C17H26N2O3. The van der Waals surface area contributed by atoms with Crippen LogP contribution in [0.15, 0.2) is 24.3 Å². The maximum atomic E-state index is 12.0. The molecule has 0 fully saturated rings. The zero-order valence-electron chi connectivity index (χ0n) is 14.0. The first-order valence-corrected chi connectivity index (χ1v) is 7.62. The zero-order chi connectivity index (χ0) is 16.8. The number of hydrogen-bond donors (Lipinski definition) is 2. The Hall–Kier alpha value is -1.88. The molecule has 0 unspecified atom stereocenters. The number of benzene rings is 1. The molecule has 22 heavy (non-hydrogen) atoms. The van der Waals surface area contributed by atoms with E-state index in [1.165, 1.54) is 0 Å². The molecule has 5 nitrogen and oxygen atoms in total. The number of nitrogens with one attached hydrogen (secondary N) is 2. The molecule has 0 aliphatic rings. The van der Waals surface area contributed by atoms with Crippen molar-refractivity contribution >= 4 is 17.5 Å². The van der Waals surface area contributed by atoms with Crippen LogP contribution in [0, 0.1) is 0 Å². The SMILES string of the molecule is CCO[C@H](CC)C(=O)Nc1ccc(C(=O)NC(C)(C)C)cc1. The number of carbonyl (C=O) groups excluding carboxylic acids is 2. The lowest BCUT2D eigenvalue weighted by molar-refractivity contribution is -0.127. The standard InChI is InChI=1S/C17H26N2O3/c1-6-14(22-7-2)16(21)18-13-10-8-12(9-11-13)15(20)19-17(3,4)5/h8-11,14H,6-7H2,1-5H3,(H,18,21)(H,19,20)/t14-/m1/s1. The molecule has 5 heteroatoms. The highest BCUT2D eigenvalue weighted by atomic mass is 16.5. The van der Waals surface area contributed by atoms with Gasteiger partial charge in [-0.3, -0.25) is 9.59 Å². The van der Waals surface area contributed by atoms with Crippen molar-refractivity contribution in [2.24, 2.45) is 0 Å². The van der Waals surface area contributed by atoms with E-state index in [2.05, 4.69) is 10.6 Å². The van der Waals surface area contributed by atoms with Crippen LogP contribution in [-0.2, 0) is 9.53 Å². The number of carbonyl (C=O) groups is 2. The number of anilines is 1. The summed E-state index contributed by atoms with van der Waals surface area (Å²) in [5.74, 6) is -0.303. The average Bonchev–Trinajstić information content (AvgIpc) is 2.43. The molecule has 0 spiro atoms. The summed E-state index contributed by atoms with van der Waals surface area (Å²) in [6, 6.07) is 6.82. The number of rotatable bonds is 6. The molecule has 0 bridgehead atoms. The van der Waals surface area contributed by atoms with Crippen molar-refractivity contribution in [1.82, 2.24) is 5.32 Å². The highest BCUT2D eigenvalue weighted by molar-refractivity contribution is 5.97.